The molecule has 1 aliphatic carbocycles. The van der Waals surface area contributed by atoms with Gasteiger partial charge in [-0.1, -0.05) is 37.1 Å². The van der Waals surface area contributed by atoms with Gasteiger partial charge < -0.3 is 15.4 Å². The highest BCUT2D eigenvalue weighted by Gasteiger charge is 2.36. The number of aliphatic imine (C=N–C) groups is 1. The number of benzene rings is 1. The predicted octanol–water partition coefficient (Wildman–Crippen LogP) is 3.93. The zero-order chi connectivity index (χ0) is 20.4. The Balaban J connectivity index is 1.59. The van der Waals surface area contributed by atoms with E-state index >= 15 is 0 Å². The highest BCUT2D eigenvalue weighted by molar-refractivity contribution is 5.79. The Morgan fingerprint density at radius 3 is 2.48 bits per heavy atom. The van der Waals surface area contributed by atoms with Crippen LogP contribution in [0.15, 0.2) is 29.3 Å². The minimum absolute atomic E-state index is 0.387. The molecule has 5 nitrogen and oxygen atoms in total. The van der Waals surface area contributed by atoms with Crippen LogP contribution in [0.4, 0.5) is 0 Å². The van der Waals surface area contributed by atoms with E-state index in [4.69, 9.17) is 9.73 Å². The van der Waals surface area contributed by atoms with E-state index in [1.54, 1.807) is 7.11 Å². The molecule has 162 valence electrons. The Hall–Kier alpha value is -1.59. The van der Waals surface area contributed by atoms with E-state index in [0.29, 0.717) is 5.41 Å². The molecule has 1 aliphatic heterocycles. The van der Waals surface area contributed by atoms with Crippen molar-refractivity contribution in [1.82, 2.24) is 15.5 Å². The maximum atomic E-state index is 5.33. The molecule has 0 bridgehead atoms. The van der Waals surface area contributed by atoms with Gasteiger partial charge in [-0.3, -0.25) is 4.90 Å². The van der Waals surface area contributed by atoms with Gasteiger partial charge in [0.05, 0.1) is 6.54 Å². The summed E-state index contributed by atoms with van der Waals surface area (Å²) in [5.41, 5.74) is 3.15. The zero-order valence-electron chi connectivity index (χ0n) is 18.5. The summed E-state index contributed by atoms with van der Waals surface area (Å²) in [6, 6.07) is 8.80. The molecular formula is C24H40N4O. The molecule has 0 radical (unpaired) electrons. The monoisotopic (exact) mass is 400 g/mol. The number of guanidine groups is 1. The third-order valence-electron chi connectivity index (χ3n) is 6.59. The van der Waals surface area contributed by atoms with Gasteiger partial charge in [-0.2, -0.15) is 0 Å². The number of ether oxygens (including phenoxy) is 1. The quantitative estimate of drug-likeness (QED) is 0.461. The van der Waals surface area contributed by atoms with Crippen molar-refractivity contribution in [1.29, 1.82) is 0 Å². The second-order valence-corrected chi connectivity index (χ2v) is 8.75. The topological polar surface area (TPSA) is 48.9 Å². The maximum absolute atomic E-state index is 5.33. The molecule has 0 atom stereocenters. The first kappa shape index (κ1) is 22.1. The van der Waals surface area contributed by atoms with Crippen molar-refractivity contribution in [2.24, 2.45) is 10.4 Å². The third-order valence-corrected chi connectivity index (χ3v) is 6.59. The molecule has 1 saturated heterocycles. The number of hydrogen-bond acceptors (Lipinski definition) is 3. The van der Waals surface area contributed by atoms with Crippen molar-refractivity contribution in [2.75, 3.05) is 39.9 Å². The van der Waals surface area contributed by atoms with Gasteiger partial charge in [0.2, 0.25) is 0 Å². The van der Waals surface area contributed by atoms with E-state index in [1.165, 1.54) is 62.7 Å². The fourth-order valence-electron chi connectivity index (χ4n) is 4.51. The van der Waals surface area contributed by atoms with Gasteiger partial charge in [-0.05, 0) is 68.7 Å². The molecule has 2 aliphatic rings. The number of hydrogen-bond donors (Lipinski definition) is 2. The van der Waals surface area contributed by atoms with Gasteiger partial charge >= 0.3 is 0 Å². The van der Waals surface area contributed by atoms with E-state index in [1.807, 2.05) is 0 Å². The molecule has 2 N–H and O–H groups in total. The normalized spacial score (nSPS) is 19.6. The Labute approximate surface area is 177 Å². The molecule has 5 heteroatoms. The largest absolute Gasteiger partial charge is 0.385 e. The highest BCUT2D eigenvalue weighted by Crippen LogP contribution is 2.43. The molecule has 0 aromatic heterocycles. The molecule has 29 heavy (non-hydrogen) atoms. The average Bonchev–Trinajstić information content (AvgIpc) is 2.72. The summed E-state index contributed by atoms with van der Waals surface area (Å²) in [7, 11) is 1.80. The SMILES string of the molecule is CCNC(=NCc1ccccc1CN1CCCCC1)NCC1(CCOC)CCC1. The van der Waals surface area contributed by atoms with E-state index in [-0.39, 0.29) is 0 Å². The van der Waals surface area contributed by atoms with Crippen LogP contribution < -0.4 is 10.6 Å². The Morgan fingerprint density at radius 2 is 1.83 bits per heavy atom. The molecule has 0 spiro atoms. The number of piperidine rings is 1. The second-order valence-electron chi connectivity index (χ2n) is 8.75. The number of nitrogens with zero attached hydrogens (tertiary/aromatic N) is 2. The fourth-order valence-corrected chi connectivity index (χ4v) is 4.51. The van der Waals surface area contributed by atoms with Gasteiger partial charge in [-0.25, -0.2) is 4.99 Å². The summed E-state index contributed by atoms with van der Waals surface area (Å²) in [5.74, 6) is 0.934. The fraction of sp³-hybridized carbons (Fsp3) is 0.708. The first-order chi connectivity index (χ1) is 14.2. The lowest BCUT2D eigenvalue weighted by atomic mass is 9.67. The van der Waals surface area contributed by atoms with Crippen LogP contribution in [0.3, 0.4) is 0 Å². The van der Waals surface area contributed by atoms with Crippen molar-refractivity contribution in [2.45, 2.75) is 65.0 Å². The Kier molecular flexibility index (Phi) is 8.81. The molecule has 1 heterocycles. The molecule has 1 aromatic carbocycles. The predicted molar refractivity (Wildman–Crippen MR) is 121 cm³/mol. The minimum Gasteiger partial charge on any atom is -0.385 e. The third kappa shape index (κ3) is 6.71. The molecule has 1 saturated carbocycles. The summed E-state index contributed by atoms with van der Waals surface area (Å²) < 4.78 is 5.33. The van der Waals surface area contributed by atoms with Crippen LogP contribution in [0.2, 0.25) is 0 Å². The average molecular weight is 401 g/mol. The van der Waals surface area contributed by atoms with E-state index in [2.05, 4.69) is 46.7 Å². The van der Waals surface area contributed by atoms with Crippen molar-refractivity contribution in [3.63, 3.8) is 0 Å². The summed E-state index contributed by atoms with van der Waals surface area (Å²) in [6.07, 6.45) is 9.10. The van der Waals surface area contributed by atoms with Gasteiger partial charge in [0.15, 0.2) is 5.96 Å². The second kappa shape index (κ2) is 11.6. The van der Waals surface area contributed by atoms with E-state index in [0.717, 1.165) is 45.2 Å². The molecule has 2 fully saturated rings. The smallest absolute Gasteiger partial charge is 0.191 e. The first-order valence-corrected chi connectivity index (χ1v) is 11.5. The van der Waals surface area contributed by atoms with Gasteiger partial charge in [0.25, 0.3) is 0 Å². The number of likely N-dealkylation sites (tertiary alicyclic amines) is 1. The molecule has 1 aromatic rings. The zero-order valence-corrected chi connectivity index (χ0v) is 18.5. The highest BCUT2D eigenvalue weighted by atomic mass is 16.5. The van der Waals surface area contributed by atoms with E-state index < -0.39 is 0 Å². The van der Waals surface area contributed by atoms with E-state index in [9.17, 15) is 0 Å². The standard InChI is InChI=1S/C24H40N4O/c1-3-25-23(27-20-24(12-9-13-24)14-17-29-2)26-18-21-10-5-6-11-22(21)19-28-15-7-4-8-16-28/h5-6,10-11H,3-4,7-9,12-20H2,1-2H3,(H2,25,26,27). The van der Waals surface area contributed by atoms with Gasteiger partial charge in [0.1, 0.15) is 0 Å². The molecule has 0 amide bonds. The minimum atomic E-state index is 0.387. The number of rotatable bonds is 10. The summed E-state index contributed by atoms with van der Waals surface area (Å²) >= 11 is 0. The molecule has 3 rings (SSSR count). The van der Waals surface area contributed by atoms with Crippen molar-refractivity contribution >= 4 is 5.96 Å². The lowest BCUT2D eigenvalue weighted by Crippen LogP contribution is -2.47. The van der Waals surface area contributed by atoms with Crippen LogP contribution in [-0.4, -0.2) is 50.8 Å². The van der Waals surface area contributed by atoms with Gasteiger partial charge in [-0.15, -0.1) is 0 Å². The van der Waals surface area contributed by atoms with Crippen LogP contribution in [0.25, 0.3) is 0 Å². The van der Waals surface area contributed by atoms with Crippen molar-refractivity contribution < 1.29 is 4.74 Å². The first-order valence-electron chi connectivity index (χ1n) is 11.5. The van der Waals surface area contributed by atoms with Crippen LogP contribution in [-0.2, 0) is 17.8 Å². The Bertz CT molecular complexity index is 636. The van der Waals surface area contributed by atoms with Crippen molar-refractivity contribution in [3.8, 4) is 0 Å². The summed E-state index contributed by atoms with van der Waals surface area (Å²) in [6.45, 7) is 9.08. The van der Waals surface area contributed by atoms with Crippen molar-refractivity contribution in [3.05, 3.63) is 35.4 Å². The molecular weight excluding hydrogens is 360 g/mol. The summed E-state index contributed by atoms with van der Waals surface area (Å²) in [5, 5.41) is 7.04. The van der Waals surface area contributed by atoms with Crippen LogP contribution >= 0.6 is 0 Å². The van der Waals surface area contributed by atoms with Crippen LogP contribution in [0, 0.1) is 5.41 Å². The lowest BCUT2D eigenvalue weighted by Gasteiger charge is -2.42. The summed E-state index contributed by atoms with van der Waals surface area (Å²) in [4.78, 5) is 7.51. The Morgan fingerprint density at radius 1 is 1.07 bits per heavy atom. The maximum Gasteiger partial charge on any atom is 0.191 e. The van der Waals surface area contributed by atoms with Gasteiger partial charge in [0, 0.05) is 33.4 Å². The lowest BCUT2D eigenvalue weighted by molar-refractivity contribution is 0.0732. The van der Waals surface area contributed by atoms with Crippen LogP contribution in [0.5, 0.6) is 0 Å². The van der Waals surface area contributed by atoms with Crippen LogP contribution in [0.1, 0.15) is 63.0 Å². The molecule has 0 unspecified atom stereocenters. The number of nitrogens with one attached hydrogen (secondary N) is 2. The number of methoxy groups -OCH3 is 1.